The van der Waals surface area contributed by atoms with E-state index in [0.29, 0.717) is 29.9 Å². The highest BCUT2D eigenvalue weighted by Gasteiger charge is 2.14. The van der Waals surface area contributed by atoms with E-state index in [1.165, 1.54) is 0 Å². The quantitative estimate of drug-likeness (QED) is 0.469. The molecular weight excluding hydrogens is 392 g/mol. The molecule has 4 aromatic rings. The molecule has 3 heterocycles. The second kappa shape index (κ2) is 7.71. The molecule has 3 aromatic heterocycles. The highest BCUT2D eigenvalue weighted by atomic mass is 35.5. The molecule has 9 heteroatoms. The van der Waals surface area contributed by atoms with Crippen LogP contribution in [0.1, 0.15) is 34.0 Å². The fourth-order valence-corrected chi connectivity index (χ4v) is 3.33. The summed E-state index contributed by atoms with van der Waals surface area (Å²) < 4.78 is 10.5. The zero-order chi connectivity index (χ0) is 20.5. The Kier molecular flexibility index (Phi) is 5.10. The van der Waals surface area contributed by atoms with Crippen LogP contribution < -0.4 is 10.6 Å². The Morgan fingerprint density at radius 1 is 0.862 bits per heavy atom. The fraction of sp³-hybridized carbons (Fsp3) is 0.300. The Morgan fingerprint density at radius 2 is 1.48 bits per heavy atom. The Balaban J connectivity index is 1.65. The van der Waals surface area contributed by atoms with E-state index in [-0.39, 0.29) is 0 Å². The van der Waals surface area contributed by atoms with Crippen molar-refractivity contribution in [1.82, 2.24) is 20.3 Å². The molecule has 8 nitrogen and oxygen atoms in total. The highest BCUT2D eigenvalue weighted by molar-refractivity contribution is 6.31. The monoisotopic (exact) mass is 412 g/mol. The van der Waals surface area contributed by atoms with Crippen molar-refractivity contribution in [3.05, 3.63) is 57.3 Å². The molecule has 1 aromatic carbocycles. The molecular formula is C20H21ClN6O2. The van der Waals surface area contributed by atoms with Crippen LogP contribution in [0.25, 0.3) is 10.9 Å². The van der Waals surface area contributed by atoms with E-state index in [1.807, 2.05) is 45.9 Å². The SMILES string of the molecule is Cc1noc(C)c1CNc1nc(NCc2c(C)noc2C)c2cc(Cl)ccc2n1. The molecule has 0 saturated heterocycles. The summed E-state index contributed by atoms with van der Waals surface area (Å²) in [7, 11) is 0. The molecule has 150 valence electrons. The lowest BCUT2D eigenvalue weighted by molar-refractivity contribution is 0.392. The Morgan fingerprint density at radius 3 is 2.07 bits per heavy atom. The van der Waals surface area contributed by atoms with Crippen LogP contribution in [0, 0.1) is 27.7 Å². The van der Waals surface area contributed by atoms with Crippen LogP contribution in [-0.2, 0) is 13.1 Å². The second-order valence-electron chi connectivity index (χ2n) is 6.87. The van der Waals surface area contributed by atoms with Crippen LogP contribution >= 0.6 is 11.6 Å². The average molecular weight is 413 g/mol. The van der Waals surface area contributed by atoms with E-state index in [9.17, 15) is 0 Å². The Hall–Kier alpha value is -3.13. The minimum atomic E-state index is 0.501. The number of nitrogens with zero attached hydrogens (tertiary/aromatic N) is 4. The van der Waals surface area contributed by atoms with Gasteiger partial charge in [-0.3, -0.25) is 0 Å². The van der Waals surface area contributed by atoms with Gasteiger partial charge in [0.15, 0.2) is 0 Å². The fourth-order valence-electron chi connectivity index (χ4n) is 3.16. The number of anilines is 2. The normalized spacial score (nSPS) is 11.2. The molecule has 0 saturated carbocycles. The van der Waals surface area contributed by atoms with E-state index >= 15 is 0 Å². The first-order valence-electron chi connectivity index (χ1n) is 9.21. The van der Waals surface area contributed by atoms with Crippen molar-refractivity contribution in [3.63, 3.8) is 0 Å². The number of hydrogen-bond donors (Lipinski definition) is 2. The zero-order valence-corrected chi connectivity index (χ0v) is 17.4. The topological polar surface area (TPSA) is 102 Å². The highest BCUT2D eigenvalue weighted by Crippen LogP contribution is 2.27. The molecule has 0 bridgehead atoms. The van der Waals surface area contributed by atoms with Gasteiger partial charge in [0.1, 0.15) is 17.3 Å². The van der Waals surface area contributed by atoms with Crippen molar-refractivity contribution in [1.29, 1.82) is 0 Å². The molecule has 2 N–H and O–H groups in total. The van der Waals surface area contributed by atoms with E-state index in [0.717, 1.165) is 44.9 Å². The maximum Gasteiger partial charge on any atom is 0.225 e. The molecule has 0 fully saturated rings. The summed E-state index contributed by atoms with van der Waals surface area (Å²) in [5.41, 5.74) is 4.48. The molecule has 0 amide bonds. The minimum Gasteiger partial charge on any atom is -0.365 e. The molecule has 29 heavy (non-hydrogen) atoms. The number of rotatable bonds is 6. The maximum absolute atomic E-state index is 6.20. The lowest BCUT2D eigenvalue weighted by atomic mass is 10.2. The van der Waals surface area contributed by atoms with Crippen molar-refractivity contribution in [3.8, 4) is 0 Å². The van der Waals surface area contributed by atoms with Gasteiger partial charge in [-0.25, -0.2) is 4.98 Å². The average Bonchev–Trinajstić information content (AvgIpc) is 3.19. The molecule has 0 unspecified atom stereocenters. The maximum atomic E-state index is 6.20. The van der Waals surface area contributed by atoms with Crippen molar-refractivity contribution in [2.45, 2.75) is 40.8 Å². The van der Waals surface area contributed by atoms with E-state index < -0.39 is 0 Å². The van der Waals surface area contributed by atoms with Gasteiger partial charge in [0, 0.05) is 34.6 Å². The number of halogens is 1. The minimum absolute atomic E-state index is 0.501. The van der Waals surface area contributed by atoms with Gasteiger partial charge in [-0.2, -0.15) is 4.98 Å². The first-order chi connectivity index (χ1) is 13.9. The van der Waals surface area contributed by atoms with Crippen LogP contribution in [0.15, 0.2) is 27.2 Å². The second-order valence-corrected chi connectivity index (χ2v) is 7.31. The number of aryl methyl sites for hydroxylation is 4. The third-order valence-electron chi connectivity index (χ3n) is 4.88. The predicted octanol–water partition coefficient (Wildman–Crippen LogP) is 4.72. The molecule has 0 aliphatic carbocycles. The number of fused-ring (bicyclic) bond motifs is 1. The molecule has 0 spiro atoms. The van der Waals surface area contributed by atoms with Gasteiger partial charge in [-0.15, -0.1) is 0 Å². The van der Waals surface area contributed by atoms with E-state index in [1.54, 1.807) is 0 Å². The van der Waals surface area contributed by atoms with Gasteiger partial charge >= 0.3 is 0 Å². The van der Waals surface area contributed by atoms with Crippen molar-refractivity contribution in [2.75, 3.05) is 10.6 Å². The number of hydrogen-bond acceptors (Lipinski definition) is 8. The van der Waals surface area contributed by atoms with Crippen LogP contribution in [-0.4, -0.2) is 20.3 Å². The summed E-state index contributed by atoms with van der Waals surface area (Å²) in [5, 5.41) is 16.1. The predicted molar refractivity (Wildman–Crippen MR) is 111 cm³/mol. The van der Waals surface area contributed by atoms with Gasteiger partial charge in [0.2, 0.25) is 5.95 Å². The Labute approximate surface area is 172 Å². The summed E-state index contributed by atoms with van der Waals surface area (Å²) in [5.74, 6) is 2.74. The molecule has 0 radical (unpaired) electrons. The van der Waals surface area contributed by atoms with Crippen LogP contribution in [0.4, 0.5) is 11.8 Å². The standard InChI is InChI=1S/C20H21ClN6O2/c1-10-16(12(3)28-26-10)8-22-19-15-7-14(21)5-6-18(15)24-20(25-19)23-9-17-11(2)27-29-13(17)4/h5-7H,8-9H2,1-4H3,(H2,22,23,24,25). The van der Waals surface area contributed by atoms with Crippen LogP contribution in [0.3, 0.4) is 0 Å². The zero-order valence-electron chi connectivity index (χ0n) is 16.6. The summed E-state index contributed by atoms with van der Waals surface area (Å²) in [6.07, 6.45) is 0. The van der Waals surface area contributed by atoms with Gasteiger partial charge in [0.05, 0.1) is 16.9 Å². The molecule has 4 rings (SSSR count). The number of nitrogens with one attached hydrogen (secondary N) is 2. The van der Waals surface area contributed by atoms with Gasteiger partial charge in [-0.1, -0.05) is 21.9 Å². The lowest BCUT2D eigenvalue weighted by Gasteiger charge is -2.12. The van der Waals surface area contributed by atoms with Crippen LogP contribution in [0.5, 0.6) is 0 Å². The third kappa shape index (κ3) is 3.88. The van der Waals surface area contributed by atoms with Crippen molar-refractivity contribution in [2.24, 2.45) is 0 Å². The molecule has 0 aliphatic rings. The first-order valence-corrected chi connectivity index (χ1v) is 9.58. The van der Waals surface area contributed by atoms with Crippen LogP contribution in [0.2, 0.25) is 5.02 Å². The molecule has 0 aliphatic heterocycles. The summed E-state index contributed by atoms with van der Waals surface area (Å²) >= 11 is 6.20. The van der Waals surface area contributed by atoms with E-state index in [4.69, 9.17) is 20.6 Å². The summed E-state index contributed by atoms with van der Waals surface area (Å²) in [4.78, 5) is 9.28. The van der Waals surface area contributed by atoms with Crippen molar-refractivity contribution >= 4 is 34.3 Å². The number of aromatic nitrogens is 4. The first kappa shape index (κ1) is 19.2. The van der Waals surface area contributed by atoms with Gasteiger partial charge in [-0.05, 0) is 45.9 Å². The summed E-state index contributed by atoms with van der Waals surface area (Å²) in [6, 6.07) is 5.54. The lowest BCUT2D eigenvalue weighted by Crippen LogP contribution is -2.09. The largest absolute Gasteiger partial charge is 0.365 e. The van der Waals surface area contributed by atoms with Gasteiger partial charge < -0.3 is 19.7 Å². The summed E-state index contributed by atoms with van der Waals surface area (Å²) in [6.45, 7) is 8.65. The van der Waals surface area contributed by atoms with Gasteiger partial charge in [0.25, 0.3) is 0 Å². The smallest absolute Gasteiger partial charge is 0.225 e. The van der Waals surface area contributed by atoms with Crippen molar-refractivity contribution < 1.29 is 9.05 Å². The third-order valence-corrected chi connectivity index (χ3v) is 5.11. The molecule has 0 atom stereocenters. The Bertz CT molecular complexity index is 1140. The number of benzene rings is 1. The van der Waals surface area contributed by atoms with E-state index in [2.05, 4.69) is 30.9 Å².